The molecule has 0 spiro atoms. The smallest absolute Gasteiger partial charge is 0.227 e. The average Bonchev–Trinajstić information content (AvgIpc) is 2.29. The van der Waals surface area contributed by atoms with E-state index in [1.165, 1.54) is 0 Å². The molecular formula is C11H19N5. The first-order chi connectivity index (χ1) is 7.66. The maximum Gasteiger partial charge on any atom is 0.227 e. The van der Waals surface area contributed by atoms with Gasteiger partial charge in [0.1, 0.15) is 5.82 Å². The normalized spacial score (nSPS) is 18.1. The number of hydrogen-bond acceptors (Lipinski definition) is 5. The van der Waals surface area contributed by atoms with Crippen molar-refractivity contribution in [2.45, 2.75) is 19.9 Å². The molecule has 1 aliphatic heterocycles. The Morgan fingerprint density at radius 2 is 1.94 bits per heavy atom. The van der Waals surface area contributed by atoms with E-state index >= 15 is 0 Å². The second-order valence-electron chi connectivity index (χ2n) is 4.40. The van der Waals surface area contributed by atoms with Crippen molar-refractivity contribution in [1.82, 2.24) is 14.9 Å². The van der Waals surface area contributed by atoms with Crippen LogP contribution in [-0.2, 0) is 0 Å². The van der Waals surface area contributed by atoms with Crippen LogP contribution in [0.5, 0.6) is 0 Å². The largest absolute Gasteiger partial charge is 0.384 e. The molecule has 88 valence electrons. The summed E-state index contributed by atoms with van der Waals surface area (Å²) in [4.78, 5) is 13.1. The third-order valence-corrected chi connectivity index (χ3v) is 2.99. The van der Waals surface area contributed by atoms with E-state index in [9.17, 15) is 0 Å². The molecule has 2 N–H and O–H groups in total. The van der Waals surface area contributed by atoms with Gasteiger partial charge in [0, 0.05) is 38.4 Å². The lowest BCUT2D eigenvalue weighted by atomic mass is 10.2. The second-order valence-corrected chi connectivity index (χ2v) is 4.40. The quantitative estimate of drug-likeness (QED) is 0.792. The number of hydrogen-bond donors (Lipinski definition) is 1. The van der Waals surface area contributed by atoms with Crippen molar-refractivity contribution in [3.63, 3.8) is 0 Å². The lowest BCUT2D eigenvalue weighted by Crippen LogP contribution is -2.49. The summed E-state index contributed by atoms with van der Waals surface area (Å²) in [6, 6.07) is 2.33. The van der Waals surface area contributed by atoms with Gasteiger partial charge in [0.2, 0.25) is 5.95 Å². The van der Waals surface area contributed by atoms with Crippen LogP contribution in [0.1, 0.15) is 13.8 Å². The molecule has 2 heterocycles. The van der Waals surface area contributed by atoms with Crippen LogP contribution < -0.4 is 10.6 Å². The van der Waals surface area contributed by atoms with Gasteiger partial charge in [-0.25, -0.2) is 4.98 Å². The molecule has 1 saturated heterocycles. The molecule has 0 aromatic carbocycles. The lowest BCUT2D eigenvalue weighted by molar-refractivity contribution is 0.208. The molecule has 0 amide bonds. The zero-order chi connectivity index (χ0) is 11.5. The van der Waals surface area contributed by atoms with Gasteiger partial charge >= 0.3 is 0 Å². The van der Waals surface area contributed by atoms with Crippen molar-refractivity contribution in [3.8, 4) is 0 Å². The van der Waals surface area contributed by atoms with Gasteiger partial charge in [0.15, 0.2) is 0 Å². The fraction of sp³-hybridized carbons (Fsp3) is 0.636. The third-order valence-electron chi connectivity index (χ3n) is 2.99. The molecule has 1 aliphatic rings. The number of nitrogen functional groups attached to an aromatic ring is 1. The van der Waals surface area contributed by atoms with Gasteiger partial charge in [-0.15, -0.1) is 0 Å². The molecular weight excluding hydrogens is 202 g/mol. The summed E-state index contributed by atoms with van der Waals surface area (Å²) < 4.78 is 0. The van der Waals surface area contributed by atoms with E-state index in [2.05, 4.69) is 33.6 Å². The summed E-state index contributed by atoms with van der Waals surface area (Å²) in [5.41, 5.74) is 5.65. The van der Waals surface area contributed by atoms with Crippen molar-refractivity contribution in [2.24, 2.45) is 0 Å². The summed E-state index contributed by atoms with van der Waals surface area (Å²) in [5, 5.41) is 0. The highest BCUT2D eigenvalue weighted by Crippen LogP contribution is 2.13. The second kappa shape index (κ2) is 4.65. The Kier molecular flexibility index (Phi) is 3.24. The maximum atomic E-state index is 5.65. The molecule has 5 heteroatoms. The standard InChI is InChI=1S/C11H19N5/c1-9(2)15-5-7-16(8-6-15)11-13-4-3-10(12)14-11/h3-4,9H,5-8H2,1-2H3,(H2,12,13,14). The highest BCUT2D eigenvalue weighted by atomic mass is 15.3. The van der Waals surface area contributed by atoms with Gasteiger partial charge in [0.05, 0.1) is 0 Å². The van der Waals surface area contributed by atoms with Crippen molar-refractivity contribution < 1.29 is 0 Å². The molecule has 0 saturated carbocycles. The van der Waals surface area contributed by atoms with E-state index < -0.39 is 0 Å². The number of piperazine rings is 1. The van der Waals surface area contributed by atoms with Crippen LogP contribution >= 0.6 is 0 Å². The summed E-state index contributed by atoms with van der Waals surface area (Å²) in [5.74, 6) is 1.29. The Bertz CT molecular complexity index is 344. The molecule has 0 aliphatic carbocycles. The van der Waals surface area contributed by atoms with Gasteiger partial charge in [-0.05, 0) is 19.9 Å². The van der Waals surface area contributed by atoms with E-state index in [1.54, 1.807) is 12.3 Å². The number of nitrogens with two attached hydrogens (primary N) is 1. The SMILES string of the molecule is CC(C)N1CCN(c2nccc(N)n2)CC1. The fourth-order valence-electron chi connectivity index (χ4n) is 1.95. The predicted octanol–water partition coefficient (Wildman–Crippen LogP) is 0.589. The van der Waals surface area contributed by atoms with E-state index in [0.29, 0.717) is 11.9 Å². The summed E-state index contributed by atoms with van der Waals surface area (Å²) in [7, 11) is 0. The van der Waals surface area contributed by atoms with Gasteiger partial charge < -0.3 is 10.6 Å². The first-order valence-corrected chi connectivity index (χ1v) is 5.74. The Balaban J connectivity index is 1.99. The Labute approximate surface area is 96.3 Å². The van der Waals surface area contributed by atoms with Crippen molar-refractivity contribution in [1.29, 1.82) is 0 Å². The van der Waals surface area contributed by atoms with E-state index in [-0.39, 0.29) is 0 Å². The molecule has 1 aromatic rings. The number of anilines is 2. The topological polar surface area (TPSA) is 58.3 Å². The van der Waals surface area contributed by atoms with Crippen molar-refractivity contribution >= 4 is 11.8 Å². The van der Waals surface area contributed by atoms with Crippen LogP contribution in [0.4, 0.5) is 11.8 Å². The van der Waals surface area contributed by atoms with Crippen LogP contribution in [-0.4, -0.2) is 47.1 Å². The fourth-order valence-corrected chi connectivity index (χ4v) is 1.95. The molecule has 2 rings (SSSR count). The summed E-state index contributed by atoms with van der Waals surface area (Å²) >= 11 is 0. The van der Waals surface area contributed by atoms with Crippen molar-refractivity contribution in [3.05, 3.63) is 12.3 Å². The van der Waals surface area contributed by atoms with Gasteiger partial charge in [-0.3, -0.25) is 4.90 Å². The van der Waals surface area contributed by atoms with Crippen molar-refractivity contribution in [2.75, 3.05) is 36.8 Å². The number of rotatable bonds is 2. The van der Waals surface area contributed by atoms with Crippen LogP contribution in [0.2, 0.25) is 0 Å². The Morgan fingerprint density at radius 3 is 2.50 bits per heavy atom. The molecule has 1 fully saturated rings. The molecule has 0 atom stereocenters. The first kappa shape index (κ1) is 11.1. The van der Waals surface area contributed by atoms with Crippen LogP contribution in [0.25, 0.3) is 0 Å². The molecule has 0 radical (unpaired) electrons. The number of nitrogens with zero attached hydrogens (tertiary/aromatic N) is 4. The predicted molar refractivity (Wildman–Crippen MR) is 65.4 cm³/mol. The maximum absolute atomic E-state index is 5.65. The average molecular weight is 221 g/mol. The highest BCUT2D eigenvalue weighted by molar-refractivity contribution is 5.38. The molecule has 1 aromatic heterocycles. The van der Waals surface area contributed by atoms with Crippen LogP contribution in [0.3, 0.4) is 0 Å². The highest BCUT2D eigenvalue weighted by Gasteiger charge is 2.20. The van der Waals surface area contributed by atoms with Crippen LogP contribution in [0, 0.1) is 0 Å². The summed E-state index contributed by atoms with van der Waals surface area (Å²) in [6.45, 7) is 8.54. The monoisotopic (exact) mass is 221 g/mol. The molecule has 0 bridgehead atoms. The zero-order valence-electron chi connectivity index (χ0n) is 9.93. The van der Waals surface area contributed by atoms with Crippen LogP contribution in [0.15, 0.2) is 12.3 Å². The molecule has 16 heavy (non-hydrogen) atoms. The Hall–Kier alpha value is -1.36. The van der Waals surface area contributed by atoms with Gasteiger partial charge in [-0.1, -0.05) is 0 Å². The molecule has 0 unspecified atom stereocenters. The number of aromatic nitrogens is 2. The van der Waals surface area contributed by atoms with E-state index in [0.717, 1.165) is 32.1 Å². The minimum atomic E-state index is 0.538. The zero-order valence-corrected chi connectivity index (χ0v) is 9.93. The first-order valence-electron chi connectivity index (χ1n) is 5.74. The minimum Gasteiger partial charge on any atom is -0.384 e. The minimum absolute atomic E-state index is 0.538. The Morgan fingerprint density at radius 1 is 1.25 bits per heavy atom. The van der Waals surface area contributed by atoms with E-state index in [1.807, 2.05) is 0 Å². The van der Waals surface area contributed by atoms with Gasteiger partial charge in [-0.2, -0.15) is 4.98 Å². The summed E-state index contributed by atoms with van der Waals surface area (Å²) in [6.07, 6.45) is 1.71. The molecule has 5 nitrogen and oxygen atoms in total. The third kappa shape index (κ3) is 2.41. The lowest BCUT2D eigenvalue weighted by Gasteiger charge is -2.36. The van der Waals surface area contributed by atoms with E-state index in [4.69, 9.17) is 5.73 Å². The van der Waals surface area contributed by atoms with Gasteiger partial charge in [0.25, 0.3) is 0 Å².